The standard InChI is InChI=1S/C26H33ClF3N8O6P/c1-16-6-8-25(45(41,42)43,19(12-16)44-3)37-23-32-15-18(26(28,29)30)21(35-23)36-24(27)7-4-9-38(10-5-11-39,17-13-33-34-14-17)20(24)22(40)31-2/h4,6-7,12-15,20,39H,5,8-11H2,1-3H3,(H5-,31,32,33,34,35,36,37,40,41,42,43). The second kappa shape index (κ2) is 12.7. The zero-order valence-corrected chi connectivity index (χ0v) is 26.1. The highest BCUT2D eigenvalue weighted by Gasteiger charge is 2.58. The minimum absolute atomic E-state index is 0.147. The van der Waals surface area contributed by atoms with Crippen molar-refractivity contribution >= 4 is 42.6 Å². The summed E-state index contributed by atoms with van der Waals surface area (Å²) in [5.41, 5.74) is -0.281. The zero-order chi connectivity index (χ0) is 33.3. The van der Waals surface area contributed by atoms with Gasteiger partial charge >= 0.3 is 6.18 Å². The number of likely N-dealkylation sites (N-methyl/N-ethyl adjacent to an activating group) is 1. The fourth-order valence-corrected chi connectivity index (χ4v) is 7.11. The van der Waals surface area contributed by atoms with Gasteiger partial charge in [0.15, 0.2) is 23.6 Å². The van der Waals surface area contributed by atoms with Gasteiger partial charge in [-0.2, -0.15) is 23.3 Å². The third-order valence-corrected chi connectivity index (χ3v) is 9.71. The molecule has 5 unspecified atom stereocenters. The molecule has 3 heterocycles. The molecule has 0 saturated heterocycles. The number of aromatic nitrogens is 4. The number of quaternary nitrogens is 1. The van der Waals surface area contributed by atoms with Crippen LogP contribution < -0.4 is 25.3 Å². The average Bonchev–Trinajstić information content (AvgIpc) is 3.51. The maximum atomic E-state index is 14.3. The van der Waals surface area contributed by atoms with Crippen LogP contribution in [0.25, 0.3) is 0 Å². The number of nitrogens with one attached hydrogen (secondary N) is 4. The van der Waals surface area contributed by atoms with Gasteiger partial charge in [0.1, 0.15) is 29.9 Å². The maximum absolute atomic E-state index is 14.3. The molecule has 6 N–H and O–H groups in total. The molecular formula is C26H33ClF3N8O6P. The maximum Gasteiger partial charge on any atom is 0.421 e. The number of aliphatic hydroxyl groups excluding tert-OH is 1. The number of hydrogen-bond acceptors (Lipinski definition) is 10. The predicted octanol–water partition coefficient (Wildman–Crippen LogP) is 2.17. The fourth-order valence-electron chi connectivity index (χ4n) is 5.65. The summed E-state index contributed by atoms with van der Waals surface area (Å²) in [4.78, 5) is 42.1. The highest BCUT2D eigenvalue weighted by molar-refractivity contribution is 7.52. The smallest absolute Gasteiger partial charge is 0.421 e. The van der Waals surface area contributed by atoms with Gasteiger partial charge in [0.2, 0.25) is 12.0 Å². The molecule has 2 aromatic heterocycles. The summed E-state index contributed by atoms with van der Waals surface area (Å²) in [6.07, 6.45) is 3.96. The highest BCUT2D eigenvalue weighted by Crippen LogP contribution is 2.55. The molecule has 14 nitrogen and oxygen atoms in total. The third-order valence-electron chi connectivity index (χ3n) is 7.80. The molecule has 2 aromatic rings. The molecule has 246 valence electrons. The van der Waals surface area contributed by atoms with Crippen molar-refractivity contribution in [3.63, 3.8) is 0 Å². The van der Waals surface area contributed by atoms with Gasteiger partial charge in [-0.05, 0) is 25.2 Å². The molecule has 0 spiro atoms. The van der Waals surface area contributed by atoms with E-state index >= 15 is 0 Å². The van der Waals surface area contributed by atoms with Gasteiger partial charge in [-0.1, -0.05) is 23.3 Å². The van der Waals surface area contributed by atoms with Crippen LogP contribution in [0.5, 0.6) is 0 Å². The number of rotatable bonds is 11. The number of hydrogen-bond donors (Lipinski definition) is 6. The van der Waals surface area contributed by atoms with Crippen molar-refractivity contribution in [3.8, 4) is 0 Å². The van der Waals surface area contributed by atoms with E-state index in [0.717, 1.165) is 0 Å². The van der Waals surface area contributed by atoms with Crippen molar-refractivity contribution in [1.29, 1.82) is 0 Å². The molecule has 5 atom stereocenters. The predicted molar refractivity (Wildman–Crippen MR) is 158 cm³/mol. The first-order chi connectivity index (χ1) is 21.1. The number of methoxy groups -OCH3 is 1. The van der Waals surface area contributed by atoms with E-state index in [9.17, 15) is 37.4 Å². The Balaban J connectivity index is 1.86. The Hall–Kier alpha value is -3.47. The molecule has 0 saturated carbocycles. The Labute approximate surface area is 261 Å². The number of carbonyl (C=O) groups is 1. The first-order valence-electron chi connectivity index (χ1n) is 13.6. The number of halogens is 4. The topological polar surface area (TPSA) is 197 Å². The molecule has 0 fully saturated rings. The average molecular weight is 677 g/mol. The van der Waals surface area contributed by atoms with E-state index in [1.807, 2.05) is 0 Å². The molecule has 1 aliphatic heterocycles. The lowest BCUT2D eigenvalue weighted by molar-refractivity contribution is -0.199. The summed E-state index contributed by atoms with van der Waals surface area (Å²) in [5.74, 6) is -2.40. The van der Waals surface area contributed by atoms with Gasteiger partial charge in [-0.25, -0.2) is 4.98 Å². The summed E-state index contributed by atoms with van der Waals surface area (Å²) < 4.78 is 60.6. The number of aromatic amines is 1. The van der Waals surface area contributed by atoms with E-state index in [-0.39, 0.29) is 42.8 Å². The molecule has 0 aromatic carbocycles. The molecule has 0 bridgehead atoms. The Morgan fingerprint density at radius 2 is 2.09 bits per heavy atom. The largest absolute Gasteiger partial charge is 0.777 e. The number of ether oxygens (including phenoxy) is 1. The van der Waals surface area contributed by atoms with Crippen molar-refractivity contribution in [2.24, 2.45) is 0 Å². The fraction of sp³-hybridized carbons (Fsp3) is 0.462. The van der Waals surface area contributed by atoms with Crippen LogP contribution in [-0.4, -0.2) is 86.2 Å². The van der Waals surface area contributed by atoms with Gasteiger partial charge in [-0.15, -0.1) is 0 Å². The second-order valence-electron chi connectivity index (χ2n) is 10.6. The Bertz CT molecular complexity index is 1550. The normalized spacial score (nSPS) is 28.0. The molecule has 4 rings (SSSR count). The summed E-state index contributed by atoms with van der Waals surface area (Å²) in [5, 5.41) is 21.5. The first kappa shape index (κ1) is 34.4. The first-order valence-corrected chi connectivity index (χ1v) is 15.5. The quantitative estimate of drug-likeness (QED) is 0.0671. The molecule has 0 radical (unpaired) electrons. The number of amides is 1. The Morgan fingerprint density at radius 1 is 1.36 bits per heavy atom. The lowest BCUT2D eigenvalue weighted by Crippen LogP contribution is -2.72. The molecule has 2 aliphatic rings. The lowest BCUT2D eigenvalue weighted by Gasteiger charge is -2.49. The van der Waals surface area contributed by atoms with E-state index in [0.29, 0.717) is 17.5 Å². The number of alkyl halides is 4. The van der Waals surface area contributed by atoms with E-state index in [4.69, 9.17) is 16.3 Å². The summed E-state index contributed by atoms with van der Waals surface area (Å²) in [6.45, 7) is 1.74. The third kappa shape index (κ3) is 6.46. The van der Waals surface area contributed by atoms with E-state index in [1.54, 1.807) is 13.0 Å². The number of nitrogens with zero attached hydrogens (tertiary/aromatic N) is 4. The lowest BCUT2D eigenvalue weighted by atomic mass is 9.94. The SMILES string of the molecule is CNC(=O)C1C(Cl)(Nc2nc(NC3(P(=O)([O-])O)CC=C(C)C=C3OC)ncc2C(F)(F)F)C=CC[N+]1(CCCO)c1cn[nH]c1. The second-order valence-corrected chi connectivity index (χ2v) is 13.0. The van der Waals surface area contributed by atoms with Crippen LogP contribution in [0.15, 0.2) is 54.2 Å². The van der Waals surface area contributed by atoms with Gasteiger partial charge in [-0.3, -0.25) is 14.4 Å². The van der Waals surface area contributed by atoms with Crippen LogP contribution in [0, 0.1) is 0 Å². The highest BCUT2D eigenvalue weighted by atomic mass is 35.5. The van der Waals surface area contributed by atoms with Gasteiger partial charge < -0.3 is 40.1 Å². The van der Waals surface area contributed by atoms with E-state index in [2.05, 4.69) is 36.1 Å². The van der Waals surface area contributed by atoms with Gasteiger partial charge in [0.05, 0.1) is 19.9 Å². The van der Waals surface area contributed by atoms with Gasteiger partial charge in [0.25, 0.3) is 5.91 Å². The number of aliphatic hydroxyl groups is 1. The number of allylic oxidation sites excluding steroid dienone is 2. The summed E-state index contributed by atoms with van der Waals surface area (Å²) >= 11 is 7.07. The molecule has 1 aliphatic carbocycles. The monoisotopic (exact) mass is 676 g/mol. The minimum atomic E-state index is -5.37. The van der Waals surface area contributed by atoms with Crippen LogP contribution in [-0.2, 0) is 20.3 Å². The molecule has 45 heavy (non-hydrogen) atoms. The number of anilines is 2. The Kier molecular flexibility index (Phi) is 9.73. The summed E-state index contributed by atoms with van der Waals surface area (Å²) in [7, 11) is -2.85. The summed E-state index contributed by atoms with van der Waals surface area (Å²) in [6, 6.07) is -1.34. The van der Waals surface area contributed by atoms with Crippen molar-refractivity contribution in [2.45, 2.75) is 42.3 Å². The van der Waals surface area contributed by atoms with Crippen LogP contribution in [0.4, 0.5) is 30.6 Å². The molecule has 19 heteroatoms. The Morgan fingerprint density at radius 3 is 2.67 bits per heavy atom. The number of H-pyrrole nitrogens is 1. The minimum Gasteiger partial charge on any atom is -0.777 e. The van der Waals surface area contributed by atoms with Crippen LogP contribution >= 0.6 is 19.2 Å². The zero-order valence-electron chi connectivity index (χ0n) is 24.4. The van der Waals surface area contributed by atoms with Crippen molar-refractivity contribution < 1.29 is 42.2 Å². The van der Waals surface area contributed by atoms with Crippen LogP contribution in [0.3, 0.4) is 0 Å². The van der Waals surface area contributed by atoms with E-state index < -0.39 is 53.3 Å². The van der Waals surface area contributed by atoms with E-state index in [1.165, 1.54) is 44.8 Å². The van der Waals surface area contributed by atoms with Crippen LogP contribution in [0.2, 0.25) is 0 Å². The van der Waals surface area contributed by atoms with Crippen molar-refractivity contribution in [2.75, 3.05) is 44.5 Å². The van der Waals surface area contributed by atoms with Crippen molar-refractivity contribution in [3.05, 3.63) is 59.8 Å². The molecule has 1 amide bonds. The van der Waals surface area contributed by atoms with Crippen molar-refractivity contribution in [1.82, 2.24) is 30.0 Å². The number of carbonyl (C=O) groups excluding carboxylic acids is 1. The molecular weight excluding hydrogens is 644 g/mol. The van der Waals surface area contributed by atoms with Gasteiger partial charge in [0, 0.05) is 32.7 Å². The van der Waals surface area contributed by atoms with Crippen LogP contribution in [0.1, 0.15) is 25.3 Å².